The first kappa shape index (κ1) is 17.8. The molecule has 27 heavy (non-hydrogen) atoms. The van der Waals surface area contributed by atoms with Crippen LogP contribution in [-0.2, 0) is 6.54 Å². The number of hydrogen-bond donors (Lipinski definition) is 2. The Balaban J connectivity index is 1.29. The number of hydrogen-bond acceptors (Lipinski definition) is 3. The van der Waals surface area contributed by atoms with Gasteiger partial charge in [-0.15, -0.1) is 0 Å². The molecule has 142 valence electrons. The van der Waals surface area contributed by atoms with E-state index in [1.165, 1.54) is 17.7 Å². The van der Waals surface area contributed by atoms with Crippen LogP contribution in [0.2, 0.25) is 0 Å². The first-order valence-corrected chi connectivity index (χ1v) is 9.46. The van der Waals surface area contributed by atoms with Crippen LogP contribution in [0, 0.1) is 5.82 Å². The number of nitrogens with two attached hydrogens (primary N) is 1. The van der Waals surface area contributed by atoms with Crippen molar-refractivity contribution in [3.63, 3.8) is 0 Å². The zero-order chi connectivity index (χ0) is 18.6. The third-order valence-electron chi connectivity index (χ3n) is 5.21. The maximum absolute atomic E-state index is 13.5. The van der Waals surface area contributed by atoms with Crippen molar-refractivity contribution in [2.45, 2.75) is 31.5 Å². The first-order chi connectivity index (χ1) is 13.2. The van der Waals surface area contributed by atoms with Crippen LogP contribution in [0.1, 0.15) is 30.0 Å². The highest BCUT2D eigenvalue weighted by Crippen LogP contribution is 2.34. The Kier molecular flexibility index (Phi) is 5.25. The van der Waals surface area contributed by atoms with E-state index >= 15 is 0 Å². The van der Waals surface area contributed by atoms with Gasteiger partial charge in [0.15, 0.2) is 5.96 Å². The molecule has 0 amide bonds. The number of guanidine groups is 1. The van der Waals surface area contributed by atoms with E-state index in [0.717, 1.165) is 38.0 Å². The predicted octanol–water partition coefficient (Wildman–Crippen LogP) is 2.83. The molecule has 2 aliphatic heterocycles. The van der Waals surface area contributed by atoms with Crippen molar-refractivity contribution >= 4 is 5.96 Å². The molecule has 0 spiro atoms. The largest absolute Gasteiger partial charge is 0.491 e. The molecule has 5 nitrogen and oxygen atoms in total. The lowest BCUT2D eigenvalue weighted by Gasteiger charge is -2.32. The Morgan fingerprint density at radius 1 is 1.19 bits per heavy atom. The van der Waals surface area contributed by atoms with Crippen molar-refractivity contribution in [1.29, 1.82) is 0 Å². The van der Waals surface area contributed by atoms with E-state index in [1.807, 2.05) is 6.07 Å². The number of nitrogens with one attached hydrogen (secondary N) is 1. The van der Waals surface area contributed by atoms with Crippen LogP contribution in [-0.4, -0.2) is 36.6 Å². The minimum Gasteiger partial charge on any atom is -0.491 e. The summed E-state index contributed by atoms with van der Waals surface area (Å²) in [6, 6.07) is 15.1. The summed E-state index contributed by atoms with van der Waals surface area (Å²) in [4.78, 5) is 6.98. The van der Waals surface area contributed by atoms with Crippen LogP contribution in [0.5, 0.6) is 5.75 Å². The fourth-order valence-corrected chi connectivity index (χ4v) is 3.77. The van der Waals surface area contributed by atoms with Gasteiger partial charge in [0, 0.05) is 31.2 Å². The third kappa shape index (κ3) is 4.39. The van der Waals surface area contributed by atoms with E-state index in [0.29, 0.717) is 24.4 Å². The van der Waals surface area contributed by atoms with Crippen molar-refractivity contribution < 1.29 is 9.13 Å². The van der Waals surface area contributed by atoms with Gasteiger partial charge in [-0.25, -0.2) is 9.38 Å². The number of likely N-dealkylation sites (tertiary alicyclic amines) is 1. The van der Waals surface area contributed by atoms with E-state index in [-0.39, 0.29) is 11.9 Å². The summed E-state index contributed by atoms with van der Waals surface area (Å²) in [7, 11) is 0. The Labute approximate surface area is 159 Å². The number of nitrogens with zero attached hydrogens (tertiary/aromatic N) is 2. The molecule has 0 aromatic heterocycles. The number of ether oxygens (including phenoxy) is 1. The number of rotatable bonds is 4. The molecule has 2 aliphatic rings. The Morgan fingerprint density at radius 2 is 1.96 bits per heavy atom. The SMILES string of the molecule is NC(=NC1COc2ccc(F)cc21)NC1CCN(Cc2ccccc2)CC1. The Bertz CT molecular complexity index is 803. The minimum atomic E-state index is -0.281. The molecule has 1 unspecified atom stereocenters. The molecule has 2 aromatic rings. The van der Waals surface area contributed by atoms with Gasteiger partial charge in [0.05, 0.1) is 0 Å². The molecule has 0 saturated carbocycles. The molecule has 0 bridgehead atoms. The van der Waals surface area contributed by atoms with Crippen molar-refractivity contribution in [2.75, 3.05) is 19.7 Å². The van der Waals surface area contributed by atoms with Gasteiger partial charge in [0.1, 0.15) is 24.2 Å². The number of fused-ring (bicyclic) bond motifs is 1. The molecule has 1 atom stereocenters. The quantitative estimate of drug-likeness (QED) is 0.643. The lowest BCUT2D eigenvalue weighted by atomic mass is 10.0. The summed E-state index contributed by atoms with van der Waals surface area (Å²) < 4.78 is 19.0. The summed E-state index contributed by atoms with van der Waals surface area (Å²) in [6.45, 7) is 3.44. The topological polar surface area (TPSA) is 62.9 Å². The summed E-state index contributed by atoms with van der Waals surface area (Å²) in [6.07, 6.45) is 2.05. The maximum atomic E-state index is 13.5. The van der Waals surface area contributed by atoms with Gasteiger partial charge >= 0.3 is 0 Å². The van der Waals surface area contributed by atoms with E-state index in [9.17, 15) is 4.39 Å². The lowest BCUT2D eigenvalue weighted by Crippen LogP contribution is -2.47. The Hall–Kier alpha value is -2.60. The zero-order valence-electron chi connectivity index (χ0n) is 15.3. The average molecular weight is 368 g/mol. The monoisotopic (exact) mass is 368 g/mol. The second kappa shape index (κ2) is 7.96. The van der Waals surface area contributed by atoms with E-state index in [1.54, 1.807) is 6.07 Å². The minimum absolute atomic E-state index is 0.249. The maximum Gasteiger partial charge on any atom is 0.189 e. The third-order valence-corrected chi connectivity index (χ3v) is 5.21. The van der Waals surface area contributed by atoms with Gasteiger partial charge in [-0.1, -0.05) is 30.3 Å². The summed E-state index contributed by atoms with van der Waals surface area (Å²) in [5.41, 5.74) is 8.22. The van der Waals surface area contributed by atoms with Gasteiger partial charge in [0.25, 0.3) is 0 Å². The Morgan fingerprint density at radius 3 is 2.74 bits per heavy atom. The van der Waals surface area contributed by atoms with E-state index < -0.39 is 0 Å². The molecule has 4 rings (SSSR count). The normalized spacial score (nSPS) is 20.9. The van der Waals surface area contributed by atoms with Crippen LogP contribution < -0.4 is 15.8 Å². The summed E-state index contributed by atoms with van der Waals surface area (Å²) >= 11 is 0. The molecule has 1 saturated heterocycles. The fourth-order valence-electron chi connectivity index (χ4n) is 3.77. The van der Waals surface area contributed by atoms with Crippen LogP contribution in [0.25, 0.3) is 0 Å². The van der Waals surface area contributed by atoms with Crippen molar-refractivity contribution in [3.8, 4) is 5.75 Å². The van der Waals surface area contributed by atoms with Gasteiger partial charge in [-0.3, -0.25) is 4.90 Å². The molecule has 3 N–H and O–H groups in total. The number of benzene rings is 2. The predicted molar refractivity (Wildman–Crippen MR) is 104 cm³/mol. The lowest BCUT2D eigenvalue weighted by molar-refractivity contribution is 0.198. The molecular formula is C21H25FN4O. The van der Waals surface area contributed by atoms with Crippen LogP contribution in [0.3, 0.4) is 0 Å². The number of halogens is 1. The second-order valence-corrected chi connectivity index (χ2v) is 7.20. The highest BCUT2D eigenvalue weighted by molar-refractivity contribution is 5.78. The number of aliphatic imine (C=N–C) groups is 1. The van der Waals surface area contributed by atoms with Crippen molar-refractivity contribution in [1.82, 2.24) is 10.2 Å². The van der Waals surface area contributed by atoms with Crippen molar-refractivity contribution in [3.05, 3.63) is 65.5 Å². The van der Waals surface area contributed by atoms with Crippen LogP contribution in [0.15, 0.2) is 53.5 Å². The molecule has 2 aromatic carbocycles. The molecule has 0 aliphatic carbocycles. The van der Waals surface area contributed by atoms with Gasteiger partial charge in [0.2, 0.25) is 0 Å². The van der Waals surface area contributed by atoms with Crippen LogP contribution in [0.4, 0.5) is 4.39 Å². The second-order valence-electron chi connectivity index (χ2n) is 7.20. The molecular weight excluding hydrogens is 343 g/mol. The summed E-state index contributed by atoms with van der Waals surface area (Å²) in [5.74, 6) is 0.811. The molecule has 1 fully saturated rings. The van der Waals surface area contributed by atoms with E-state index in [2.05, 4.69) is 39.5 Å². The van der Waals surface area contributed by atoms with Gasteiger partial charge in [-0.2, -0.15) is 0 Å². The standard InChI is InChI=1S/C21H25FN4O/c22-16-6-7-20-18(12-16)19(14-27-20)25-21(23)24-17-8-10-26(11-9-17)13-15-4-2-1-3-5-15/h1-7,12,17,19H,8-11,13-14H2,(H3,23,24,25). The average Bonchev–Trinajstić information content (AvgIpc) is 3.06. The fraction of sp³-hybridized carbons (Fsp3) is 0.381. The van der Waals surface area contributed by atoms with Gasteiger partial charge in [-0.05, 0) is 36.6 Å². The van der Waals surface area contributed by atoms with Crippen LogP contribution >= 0.6 is 0 Å². The first-order valence-electron chi connectivity index (χ1n) is 9.46. The molecule has 6 heteroatoms. The number of piperidine rings is 1. The highest BCUT2D eigenvalue weighted by atomic mass is 19.1. The van der Waals surface area contributed by atoms with E-state index in [4.69, 9.17) is 10.5 Å². The zero-order valence-corrected chi connectivity index (χ0v) is 15.3. The smallest absolute Gasteiger partial charge is 0.189 e. The molecule has 0 radical (unpaired) electrons. The van der Waals surface area contributed by atoms with Crippen molar-refractivity contribution in [2.24, 2.45) is 10.7 Å². The highest BCUT2D eigenvalue weighted by Gasteiger charge is 2.25. The summed E-state index contributed by atoms with van der Waals surface area (Å²) in [5, 5.41) is 3.33. The molecule has 2 heterocycles. The van der Waals surface area contributed by atoms with Gasteiger partial charge < -0.3 is 15.8 Å².